The van der Waals surface area contributed by atoms with E-state index < -0.39 is 0 Å². The summed E-state index contributed by atoms with van der Waals surface area (Å²) in [6.45, 7) is 1.97. The van der Waals surface area contributed by atoms with Gasteiger partial charge < -0.3 is 9.15 Å². The minimum Gasteiger partial charge on any atom is -0.494 e. The van der Waals surface area contributed by atoms with Gasteiger partial charge in [0.25, 0.3) is 0 Å². The second-order valence-corrected chi connectivity index (χ2v) is 4.14. The number of aryl methyl sites for hydroxylation is 1. The maximum atomic E-state index is 5.46. The Balaban J connectivity index is 2.35. The molecule has 0 aliphatic carbocycles. The Morgan fingerprint density at radius 1 is 1.11 bits per heavy atom. The molecule has 0 atom stereocenters. The average molecular weight is 239 g/mol. The van der Waals surface area contributed by atoms with Gasteiger partial charge in [0.05, 0.1) is 13.4 Å². The summed E-state index contributed by atoms with van der Waals surface area (Å²) in [4.78, 5) is 4.55. The first kappa shape index (κ1) is 10.8. The lowest BCUT2D eigenvalue weighted by molar-refractivity contribution is 0.419. The summed E-state index contributed by atoms with van der Waals surface area (Å²) >= 11 is 0. The van der Waals surface area contributed by atoms with Gasteiger partial charge in [0.2, 0.25) is 0 Å². The van der Waals surface area contributed by atoms with Crippen molar-refractivity contribution in [3.8, 4) is 17.1 Å². The van der Waals surface area contributed by atoms with E-state index in [1.54, 1.807) is 13.4 Å². The van der Waals surface area contributed by atoms with Crippen molar-refractivity contribution in [2.45, 2.75) is 6.92 Å². The maximum Gasteiger partial charge on any atom is 0.145 e. The van der Waals surface area contributed by atoms with E-state index in [0.29, 0.717) is 0 Å². The number of hydrogen-bond acceptors (Lipinski definition) is 3. The molecule has 0 saturated carbocycles. The molecule has 0 fully saturated rings. The van der Waals surface area contributed by atoms with Crippen LogP contribution >= 0.6 is 0 Å². The largest absolute Gasteiger partial charge is 0.494 e. The molecule has 0 radical (unpaired) electrons. The van der Waals surface area contributed by atoms with Crippen LogP contribution in [0.3, 0.4) is 0 Å². The van der Waals surface area contributed by atoms with E-state index in [1.165, 1.54) is 0 Å². The Morgan fingerprint density at radius 3 is 2.72 bits per heavy atom. The van der Waals surface area contributed by atoms with Crippen LogP contribution in [0.25, 0.3) is 22.2 Å². The van der Waals surface area contributed by atoms with E-state index in [-0.39, 0.29) is 0 Å². The fraction of sp³-hybridized carbons (Fsp3) is 0.133. The molecule has 0 amide bonds. The smallest absolute Gasteiger partial charge is 0.145 e. The number of benzene rings is 1. The Bertz CT molecular complexity index is 687. The van der Waals surface area contributed by atoms with Crippen LogP contribution in [-0.2, 0) is 0 Å². The van der Waals surface area contributed by atoms with Gasteiger partial charge in [-0.2, -0.15) is 0 Å². The summed E-state index contributed by atoms with van der Waals surface area (Å²) in [6, 6.07) is 11.8. The van der Waals surface area contributed by atoms with Crippen LogP contribution in [0, 0.1) is 6.92 Å². The van der Waals surface area contributed by atoms with E-state index >= 15 is 0 Å². The van der Waals surface area contributed by atoms with Crippen LogP contribution < -0.4 is 4.74 Å². The topological polar surface area (TPSA) is 35.3 Å². The fourth-order valence-electron chi connectivity index (χ4n) is 2.10. The standard InChI is InChI=1S/C15H13NO2/c1-10-5-6-12-11(13-4-3-9-18-13)7-8-14(17-2)15(12)16-10/h3-9H,1-2H3. The predicted octanol–water partition coefficient (Wildman–Crippen LogP) is 3.81. The van der Waals surface area contributed by atoms with E-state index in [4.69, 9.17) is 9.15 Å². The summed E-state index contributed by atoms with van der Waals surface area (Å²) in [6.07, 6.45) is 1.67. The normalized spacial score (nSPS) is 10.8. The molecule has 0 bridgehead atoms. The molecule has 0 saturated heterocycles. The Labute approximate surface area is 105 Å². The third-order valence-corrected chi connectivity index (χ3v) is 2.97. The van der Waals surface area contributed by atoms with E-state index in [0.717, 1.165) is 33.7 Å². The number of ether oxygens (including phenoxy) is 1. The molecule has 90 valence electrons. The summed E-state index contributed by atoms with van der Waals surface area (Å²) in [5.41, 5.74) is 2.87. The molecule has 2 aromatic heterocycles. The molecule has 3 nitrogen and oxygen atoms in total. The molecular weight excluding hydrogens is 226 g/mol. The summed E-state index contributed by atoms with van der Waals surface area (Å²) in [5.74, 6) is 1.62. The molecule has 0 N–H and O–H groups in total. The van der Waals surface area contributed by atoms with Gasteiger partial charge in [-0.25, -0.2) is 4.98 Å². The summed E-state index contributed by atoms with van der Waals surface area (Å²) in [7, 11) is 1.66. The molecule has 3 heteroatoms. The highest BCUT2D eigenvalue weighted by atomic mass is 16.5. The van der Waals surface area contributed by atoms with Crippen molar-refractivity contribution in [3.05, 3.63) is 48.4 Å². The van der Waals surface area contributed by atoms with Gasteiger partial charge in [0.1, 0.15) is 17.0 Å². The number of rotatable bonds is 2. The third-order valence-electron chi connectivity index (χ3n) is 2.97. The van der Waals surface area contributed by atoms with Gasteiger partial charge >= 0.3 is 0 Å². The molecule has 3 rings (SSSR count). The highest BCUT2D eigenvalue weighted by Crippen LogP contribution is 2.33. The average Bonchev–Trinajstić information content (AvgIpc) is 2.91. The van der Waals surface area contributed by atoms with Gasteiger partial charge in [-0.1, -0.05) is 6.07 Å². The maximum absolute atomic E-state index is 5.46. The van der Waals surface area contributed by atoms with Crippen LogP contribution in [0.15, 0.2) is 47.1 Å². The third kappa shape index (κ3) is 1.64. The van der Waals surface area contributed by atoms with Crippen molar-refractivity contribution < 1.29 is 9.15 Å². The minimum atomic E-state index is 0.781. The molecular formula is C15H13NO2. The second-order valence-electron chi connectivity index (χ2n) is 4.14. The van der Waals surface area contributed by atoms with Crippen molar-refractivity contribution in [2.75, 3.05) is 7.11 Å². The van der Waals surface area contributed by atoms with Crippen LogP contribution in [-0.4, -0.2) is 12.1 Å². The predicted molar refractivity (Wildman–Crippen MR) is 70.7 cm³/mol. The zero-order valence-electron chi connectivity index (χ0n) is 10.3. The quantitative estimate of drug-likeness (QED) is 0.682. The Kier molecular flexibility index (Phi) is 2.52. The zero-order chi connectivity index (χ0) is 12.5. The number of hydrogen-bond donors (Lipinski definition) is 0. The van der Waals surface area contributed by atoms with Crippen molar-refractivity contribution >= 4 is 10.9 Å². The summed E-state index contributed by atoms with van der Waals surface area (Å²) in [5, 5.41) is 1.04. The molecule has 0 unspecified atom stereocenters. The molecule has 0 spiro atoms. The highest BCUT2D eigenvalue weighted by Gasteiger charge is 2.11. The monoisotopic (exact) mass is 239 g/mol. The van der Waals surface area contributed by atoms with E-state index in [2.05, 4.69) is 11.1 Å². The Morgan fingerprint density at radius 2 is 2.00 bits per heavy atom. The lowest BCUT2D eigenvalue weighted by Gasteiger charge is -2.08. The van der Waals surface area contributed by atoms with E-state index in [9.17, 15) is 0 Å². The fourth-order valence-corrected chi connectivity index (χ4v) is 2.10. The first-order valence-electron chi connectivity index (χ1n) is 5.78. The number of nitrogens with zero attached hydrogens (tertiary/aromatic N) is 1. The minimum absolute atomic E-state index is 0.781. The van der Waals surface area contributed by atoms with Gasteiger partial charge in [0, 0.05) is 16.6 Å². The SMILES string of the molecule is COc1ccc(-c2ccco2)c2ccc(C)nc12. The lowest BCUT2D eigenvalue weighted by Crippen LogP contribution is -1.91. The van der Waals surface area contributed by atoms with Crippen LogP contribution in [0.1, 0.15) is 5.69 Å². The van der Waals surface area contributed by atoms with E-state index in [1.807, 2.05) is 37.3 Å². The van der Waals surface area contributed by atoms with Gasteiger partial charge in [-0.3, -0.25) is 0 Å². The number of methoxy groups -OCH3 is 1. The van der Waals surface area contributed by atoms with Gasteiger partial charge in [0.15, 0.2) is 0 Å². The lowest BCUT2D eigenvalue weighted by atomic mass is 10.1. The molecule has 2 heterocycles. The van der Waals surface area contributed by atoms with Crippen LogP contribution in [0.4, 0.5) is 0 Å². The van der Waals surface area contributed by atoms with Gasteiger partial charge in [-0.05, 0) is 37.3 Å². The molecule has 3 aromatic rings. The number of aromatic nitrogens is 1. The van der Waals surface area contributed by atoms with Crippen molar-refractivity contribution in [2.24, 2.45) is 0 Å². The zero-order valence-corrected chi connectivity index (χ0v) is 10.3. The molecule has 0 aliphatic heterocycles. The van der Waals surface area contributed by atoms with Crippen molar-refractivity contribution in [1.82, 2.24) is 4.98 Å². The van der Waals surface area contributed by atoms with Crippen molar-refractivity contribution in [1.29, 1.82) is 0 Å². The number of pyridine rings is 1. The van der Waals surface area contributed by atoms with Gasteiger partial charge in [-0.15, -0.1) is 0 Å². The highest BCUT2D eigenvalue weighted by molar-refractivity contribution is 5.96. The first-order valence-corrected chi connectivity index (χ1v) is 5.78. The van der Waals surface area contributed by atoms with Crippen LogP contribution in [0.5, 0.6) is 5.75 Å². The number of fused-ring (bicyclic) bond motifs is 1. The van der Waals surface area contributed by atoms with Crippen molar-refractivity contribution in [3.63, 3.8) is 0 Å². The first-order chi connectivity index (χ1) is 8.79. The van der Waals surface area contributed by atoms with Crippen LogP contribution in [0.2, 0.25) is 0 Å². The second kappa shape index (κ2) is 4.18. The molecule has 1 aromatic carbocycles. The Hall–Kier alpha value is -2.29. The number of furan rings is 1. The molecule has 0 aliphatic rings. The molecule has 18 heavy (non-hydrogen) atoms. The summed E-state index contributed by atoms with van der Waals surface area (Å²) < 4.78 is 10.8.